The van der Waals surface area contributed by atoms with Crippen LogP contribution in [0.15, 0.2) is 42.5 Å². The number of hydrogen-bond acceptors (Lipinski definition) is 6. The molecule has 0 aromatic heterocycles. The molecule has 26 heavy (non-hydrogen) atoms. The molecule has 2 aliphatic rings. The average molecular weight is 360 g/mol. The molecule has 6 nitrogen and oxygen atoms in total. The van der Waals surface area contributed by atoms with Crippen LogP contribution in [-0.4, -0.2) is 44.2 Å². The van der Waals surface area contributed by atoms with Crippen LogP contribution in [0.25, 0.3) is 0 Å². The van der Waals surface area contributed by atoms with Crippen molar-refractivity contribution in [3.05, 3.63) is 48.0 Å². The molecule has 1 saturated heterocycles. The van der Waals surface area contributed by atoms with Gasteiger partial charge in [-0.2, -0.15) is 0 Å². The molecule has 0 radical (unpaired) electrons. The molecule has 4 atom stereocenters. The van der Waals surface area contributed by atoms with E-state index >= 15 is 0 Å². The maximum Gasteiger partial charge on any atom is 0.338 e. The molecule has 0 amide bonds. The highest BCUT2D eigenvalue weighted by Gasteiger charge is 2.42. The van der Waals surface area contributed by atoms with Crippen molar-refractivity contribution in [3.8, 4) is 0 Å². The minimum atomic E-state index is -0.429. The van der Waals surface area contributed by atoms with E-state index in [4.69, 9.17) is 18.9 Å². The summed E-state index contributed by atoms with van der Waals surface area (Å²) in [5.41, 5.74) is 1.20. The number of rotatable bonds is 7. The molecule has 1 heterocycles. The summed E-state index contributed by atoms with van der Waals surface area (Å²) in [7, 11) is 0. The Balaban J connectivity index is 1.63. The highest BCUT2D eigenvalue weighted by atomic mass is 16.7. The summed E-state index contributed by atoms with van der Waals surface area (Å²) in [6.45, 7) is 5.26. The normalized spacial score (nSPS) is 28.5. The summed E-state index contributed by atoms with van der Waals surface area (Å²) < 4.78 is 22.3. The van der Waals surface area contributed by atoms with Gasteiger partial charge < -0.3 is 18.9 Å². The third-order valence-corrected chi connectivity index (χ3v) is 4.87. The summed E-state index contributed by atoms with van der Waals surface area (Å²) in [6.07, 6.45) is 2.44. The number of carbonyl (C=O) groups is 2. The molecule has 1 aromatic rings. The van der Waals surface area contributed by atoms with E-state index in [0.717, 1.165) is 19.3 Å². The first kappa shape index (κ1) is 18.6. The summed E-state index contributed by atoms with van der Waals surface area (Å²) in [5.74, 6) is -0.635. The zero-order valence-corrected chi connectivity index (χ0v) is 14.7. The molecule has 0 spiro atoms. The first-order valence-electron chi connectivity index (χ1n) is 8.96. The minimum Gasteiger partial charge on any atom is -0.461 e. The van der Waals surface area contributed by atoms with Crippen LogP contribution in [0.2, 0.25) is 0 Å². The molecule has 4 unspecified atom stereocenters. The SMILES string of the molecule is C=C1C(OC=O)CC(OC2CCCCO2)C1COC(=O)c1ccccc1. The van der Waals surface area contributed by atoms with Crippen LogP contribution in [0, 0.1) is 5.92 Å². The van der Waals surface area contributed by atoms with E-state index in [0.29, 0.717) is 30.6 Å². The molecule has 140 valence electrons. The van der Waals surface area contributed by atoms with E-state index in [1.807, 2.05) is 6.07 Å². The molecule has 6 heteroatoms. The predicted octanol–water partition coefficient (Wildman–Crippen LogP) is 2.87. The van der Waals surface area contributed by atoms with Gasteiger partial charge in [-0.3, -0.25) is 4.79 Å². The van der Waals surface area contributed by atoms with E-state index in [1.165, 1.54) is 0 Å². The monoisotopic (exact) mass is 360 g/mol. The van der Waals surface area contributed by atoms with Crippen molar-refractivity contribution >= 4 is 12.4 Å². The van der Waals surface area contributed by atoms with Gasteiger partial charge in [0.2, 0.25) is 0 Å². The summed E-state index contributed by atoms with van der Waals surface area (Å²) in [6, 6.07) is 8.81. The fraction of sp³-hybridized carbons (Fsp3) is 0.500. The zero-order chi connectivity index (χ0) is 18.4. The van der Waals surface area contributed by atoms with Gasteiger partial charge in [0, 0.05) is 18.9 Å². The first-order chi connectivity index (χ1) is 12.7. The first-order valence-corrected chi connectivity index (χ1v) is 8.96. The van der Waals surface area contributed by atoms with Crippen molar-refractivity contribution in [2.45, 2.75) is 44.2 Å². The van der Waals surface area contributed by atoms with Crippen molar-refractivity contribution in [1.29, 1.82) is 0 Å². The van der Waals surface area contributed by atoms with Gasteiger partial charge in [0.15, 0.2) is 6.29 Å². The Kier molecular flexibility index (Phi) is 6.41. The Labute approximate surface area is 153 Å². The summed E-state index contributed by atoms with van der Waals surface area (Å²) >= 11 is 0. The number of esters is 1. The third-order valence-electron chi connectivity index (χ3n) is 4.87. The number of carbonyl (C=O) groups excluding carboxylic acids is 2. The molecular formula is C20H24O6. The molecule has 1 aliphatic carbocycles. The van der Waals surface area contributed by atoms with Crippen LogP contribution < -0.4 is 0 Å². The average Bonchev–Trinajstić information content (AvgIpc) is 2.96. The number of benzene rings is 1. The van der Waals surface area contributed by atoms with E-state index in [-0.39, 0.29) is 24.9 Å². The van der Waals surface area contributed by atoms with Crippen molar-refractivity contribution in [2.24, 2.45) is 5.92 Å². The molecule has 0 bridgehead atoms. The van der Waals surface area contributed by atoms with Gasteiger partial charge >= 0.3 is 5.97 Å². The lowest BCUT2D eigenvalue weighted by atomic mass is 10.0. The Bertz CT molecular complexity index is 622. The molecule has 1 aliphatic heterocycles. The molecule has 0 N–H and O–H groups in total. The fourth-order valence-electron chi connectivity index (χ4n) is 3.42. The molecule has 1 aromatic carbocycles. The second-order valence-corrected chi connectivity index (χ2v) is 6.57. The van der Waals surface area contributed by atoms with Crippen molar-refractivity contribution in [2.75, 3.05) is 13.2 Å². The van der Waals surface area contributed by atoms with Gasteiger partial charge in [-0.05, 0) is 37.0 Å². The highest BCUT2D eigenvalue weighted by molar-refractivity contribution is 5.89. The van der Waals surface area contributed by atoms with Crippen molar-refractivity contribution in [1.82, 2.24) is 0 Å². The van der Waals surface area contributed by atoms with Gasteiger partial charge in [0.05, 0.1) is 11.7 Å². The van der Waals surface area contributed by atoms with Gasteiger partial charge in [0.25, 0.3) is 6.47 Å². The Hall–Kier alpha value is -2.18. The standard InChI is InChI=1S/C20H24O6/c1-14-16(12-24-20(22)15-7-3-2-4-8-15)18(11-17(14)25-13-21)26-19-9-5-6-10-23-19/h2-4,7-8,13,16-19H,1,5-6,9-12H2. The van der Waals surface area contributed by atoms with Gasteiger partial charge in [-0.25, -0.2) is 4.79 Å². The number of ether oxygens (including phenoxy) is 4. The van der Waals surface area contributed by atoms with E-state index in [1.54, 1.807) is 24.3 Å². The highest BCUT2D eigenvalue weighted by Crippen LogP contribution is 2.36. The van der Waals surface area contributed by atoms with E-state index < -0.39 is 12.1 Å². The Morgan fingerprint density at radius 3 is 2.77 bits per heavy atom. The van der Waals surface area contributed by atoms with Gasteiger partial charge in [-0.1, -0.05) is 24.8 Å². The molecule has 1 saturated carbocycles. The largest absolute Gasteiger partial charge is 0.461 e. The maximum atomic E-state index is 12.2. The van der Waals surface area contributed by atoms with Crippen LogP contribution in [0.1, 0.15) is 36.0 Å². The zero-order valence-electron chi connectivity index (χ0n) is 14.7. The van der Waals surface area contributed by atoms with Gasteiger partial charge in [-0.15, -0.1) is 0 Å². The van der Waals surface area contributed by atoms with Crippen LogP contribution in [-0.2, 0) is 23.7 Å². The second-order valence-electron chi connectivity index (χ2n) is 6.57. The van der Waals surface area contributed by atoms with Gasteiger partial charge in [0.1, 0.15) is 12.7 Å². The lowest BCUT2D eigenvalue weighted by molar-refractivity contribution is -0.196. The summed E-state index contributed by atoms with van der Waals surface area (Å²) in [5, 5.41) is 0. The van der Waals surface area contributed by atoms with E-state index in [2.05, 4.69) is 6.58 Å². The molecular weight excluding hydrogens is 336 g/mol. The minimum absolute atomic E-state index is 0.128. The van der Waals surface area contributed by atoms with Crippen LogP contribution in [0.4, 0.5) is 0 Å². The Morgan fingerprint density at radius 1 is 1.27 bits per heavy atom. The topological polar surface area (TPSA) is 71.1 Å². The lowest BCUT2D eigenvalue weighted by Gasteiger charge is -2.28. The molecule has 2 fully saturated rings. The van der Waals surface area contributed by atoms with Crippen molar-refractivity contribution in [3.63, 3.8) is 0 Å². The van der Waals surface area contributed by atoms with Crippen LogP contribution >= 0.6 is 0 Å². The van der Waals surface area contributed by atoms with Crippen molar-refractivity contribution < 1.29 is 28.5 Å². The summed E-state index contributed by atoms with van der Waals surface area (Å²) in [4.78, 5) is 23.0. The Morgan fingerprint density at radius 2 is 2.08 bits per heavy atom. The maximum absolute atomic E-state index is 12.2. The fourth-order valence-corrected chi connectivity index (χ4v) is 3.42. The smallest absolute Gasteiger partial charge is 0.338 e. The third kappa shape index (κ3) is 4.51. The quantitative estimate of drug-likeness (QED) is 0.423. The number of hydrogen-bond donors (Lipinski definition) is 0. The molecule has 3 rings (SSSR count). The predicted molar refractivity (Wildman–Crippen MR) is 93.4 cm³/mol. The van der Waals surface area contributed by atoms with Crippen LogP contribution in [0.3, 0.4) is 0 Å². The van der Waals surface area contributed by atoms with E-state index in [9.17, 15) is 9.59 Å². The second kappa shape index (κ2) is 8.96. The van der Waals surface area contributed by atoms with Crippen LogP contribution in [0.5, 0.6) is 0 Å². The lowest BCUT2D eigenvalue weighted by Crippen LogP contribution is -2.32.